The van der Waals surface area contributed by atoms with E-state index in [4.69, 9.17) is 0 Å². The van der Waals surface area contributed by atoms with E-state index in [2.05, 4.69) is 56.0 Å². The molecule has 1 saturated carbocycles. The van der Waals surface area contributed by atoms with E-state index in [1.807, 2.05) is 16.9 Å². The van der Waals surface area contributed by atoms with Crippen LogP contribution in [0.1, 0.15) is 44.2 Å². The Hall–Kier alpha value is -2.28. The Labute approximate surface area is 170 Å². The molecule has 3 aromatic rings. The van der Waals surface area contributed by atoms with Gasteiger partial charge in [-0.15, -0.1) is 10.2 Å². The Morgan fingerprint density at radius 3 is 2.50 bits per heavy atom. The highest BCUT2D eigenvalue weighted by Gasteiger charge is 2.32. The minimum absolute atomic E-state index is 0.592. The van der Waals surface area contributed by atoms with Gasteiger partial charge in [0.2, 0.25) is 5.95 Å². The van der Waals surface area contributed by atoms with Crippen LogP contribution in [0.3, 0.4) is 0 Å². The molecule has 1 aliphatic heterocycles. The molecule has 146 valence electrons. The Bertz CT molecular complexity index is 905. The smallest absolute Gasteiger partial charge is 0.228 e. The molecule has 0 amide bonds. The number of nitrogens with zero attached hydrogens (tertiary/aromatic N) is 6. The molecule has 0 unspecified atom stereocenters. The molecule has 2 fully saturated rings. The van der Waals surface area contributed by atoms with E-state index in [0.29, 0.717) is 6.04 Å². The van der Waals surface area contributed by atoms with Crippen molar-refractivity contribution < 1.29 is 0 Å². The van der Waals surface area contributed by atoms with Gasteiger partial charge in [0.05, 0.1) is 5.69 Å². The Balaban J connectivity index is 1.29. The lowest BCUT2D eigenvalue weighted by Gasteiger charge is -2.31. The minimum Gasteiger partial charge on any atom is -0.341 e. The number of rotatable bonds is 6. The number of hydrogen-bond donors (Lipinski definition) is 0. The second-order valence-corrected chi connectivity index (χ2v) is 8.90. The molecule has 0 radical (unpaired) electrons. The van der Waals surface area contributed by atoms with Crippen LogP contribution in [-0.2, 0) is 5.75 Å². The number of piperidine rings is 1. The number of anilines is 1. The average Bonchev–Trinajstić information content (AvgIpc) is 3.25. The van der Waals surface area contributed by atoms with Crippen molar-refractivity contribution in [3.63, 3.8) is 0 Å². The van der Waals surface area contributed by atoms with Crippen LogP contribution in [0.4, 0.5) is 5.95 Å². The van der Waals surface area contributed by atoms with Crippen molar-refractivity contribution in [1.82, 2.24) is 24.5 Å². The molecule has 0 bridgehead atoms. The summed E-state index contributed by atoms with van der Waals surface area (Å²) >= 11 is 1.80. The largest absolute Gasteiger partial charge is 0.341 e. The van der Waals surface area contributed by atoms with Gasteiger partial charge in [-0.3, -0.25) is 4.57 Å². The van der Waals surface area contributed by atoms with Crippen LogP contribution in [0.25, 0.3) is 5.69 Å². The van der Waals surface area contributed by atoms with Crippen LogP contribution in [0.2, 0.25) is 0 Å². The van der Waals surface area contributed by atoms with E-state index in [1.165, 1.54) is 31.2 Å². The zero-order valence-electron chi connectivity index (χ0n) is 16.2. The maximum atomic E-state index is 4.59. The molecule has 1 aliphatic carbocycles. The van der Waals surface area contributed by atoms with Gasteiger partial charge >= 0.3 is 0 Å². The van der Waals surface area contributed by atoms with Crippen LogP contribution in [0.5, 0.6) is 0 Å². The highest BCUT2D eigenvalue weighted by atomic mass is 32.2. The molecule has 5 rings (SSSR count). The third-order valence-electron chi connectivity index (χ3n) is 5.70. The first-order valence-electron chi connectivity index (χ1n) is 10.2. The van der Waals surface area contributed by atoms with E-state index in [-0.39, 0.29) is 0 Å². The normalized spacial score (nSPS) is 18.0. The van der Waals surface area contributed by atoms with Crippen molar-refractivity contribution in [2.24, 2.45) is 5.92 Å². The fourth-order valence-electron chi connectivity index (χ4n) is 3.76. The maximum absolute atomic E-state index is 4.59. The van der Waals surface area contributed by atoms with E-state index in [0.717, 1.165) is 41.6 Å². The average molecular weight is 395 g/mol. The van der Waals surface area contributed by atoms with Crippen molar-refractivity contribution in [3.8, 4) is 5.69 Å². The summed E-state index contributed by atoms with van der Waals surface area (Å²) in [4.78, 5) is 2.44. The van der Waals surface area contributed by atoms with Crippen molar-refractivity contribution in [2.45, 2.75) is 49.6 Å². The van der Waals surface area contributed by atoms with E-state index >= 15 is 0 Å². The summed E-state index contributed by atoms with van der Waals surface area (Å²) in [7, 11) is 0. The molecule has 28 heavy (non-hydrogen) atoms. The van der Waals surface area contributed by atoms with Gasteiger partial charge in [0.1, 0.15) is 0 Å². The summed E-state index contributed by atoms with van der Waals surface area (Å²) in [6.45, 7) is 4.55. The van der Waals surface area contributed by atoms with E-state index in [9.17, 15) is 0 Å². The molecular formula is C21H26N6S. The minimum atomic E-state index is 0.592. The fraction of sp³-hybridized carbons (Fsp3) is 0.476. The molecule has 0 N–H and O–H groups in total. The molecule has 1 aromatic carbocycles. The van der Waals surface area contributed by atoms with Crippen molar-refractivity contribution in [1.29, 1.82) is 0 Å². The molecular weight excluding hydrogens is 368 g/mol. The van der Waals surface area contributed by atoms with Gasteiger partial charge in [0, 0.05) is 37.3 Å². The lowest BCUT2D eigenvalue weighted by Crippen LogP contribution is -2.34. The molecule has 6 nitrogen and oxygen atoms in total. The summed E-state index contributed by atoms with van der Waals surface area (Å²) in [6, 6.07) is 11.1. The first-order chi connectivity index (χ1) is 13.8. The fourth-order valence-corrected chi connectivity index (χ4v) is 4.72. The van der Waals surface area contributed by atoms with E-state index in [1.54, 1.807) is 18.0 Å². The predicted molar refractivity (Wildman–Crippen MR) is 112 cm³/mol. The van der Waals surface area contributed by atoms with Gasteiger partial charge in [-0.25, -0.2) is 4.68 Å². The summed E-state index contributed by atoms with van der Waals surface area (Å²) < 4.78 is 4.28. The third kappa shape index (κ3) is 3.68. The first kappa shape index (κ1) is 17.8. The highest BCUT2D eigenvalue weighted by molar-refractivity contribution is 7.98. The molecule has 2 aliphatic rings. The Morgan fingerprint density at radius 1 is 1.04 bits per heavy atom. The molecule has 1 saturated heterocycles. The monoisotopic (exact) mass is 394 g/mol. The number of thioether (sulfide) groups is 1. The Morgan fingerprint density at radius 2 is 1.82 bits per heavy atom. The lowest BCUT2D eigenvalue weighted by molar-refractivity contribution is 0.429. The van der Waals surface area contributed by atoms with Crippen molar-refractivity contribution in [2.75, 3.05) is 18.0 Å². The molecule has 2 aromatic heterocycles. The SMILES string of the molecule is CC1CCN(c2nnc(SCc3ccc(-n4cccn4)cc3)n2C2CC2)CC1. The first-order valence-corrected chi connectivity index (χ1v) is 11.2. The van der Waals surface area contributed by atoms with Gasteiger partial charge < -0.3 is 4.90 Å². The van der Waals surface area contributed by atoms with Crippen molar-refractivity contribution >= 4 is 17.7 Å². The summed E-state index contributed by atoms with van der Waals surface area (Å²) in [5.74, 6) is 2.82. The number of hydrogen-bond acceptors (Lipinski definition) is 5. The molecule has 3 heterocycles. The van der Waals surface area contributed by atoms with Gasteiger partial charge in [-0.2, -0.15) is 5.10 Å². The third-order valence-corrected chi connectivity index (χ3v) is 6.71. The van der Waals surface area contributed by atoms with Crippen LogP contribution < -0.4 is 4.90 Å². The molecule has 0 spiro atoms. The second kappa shape index (κ2) is 7.62. The zero-order valence-corrected chi connectivity index (χ0v) is 17.1. The van der Waals surface area contributed by atoms with Gasteiger partial charge in [-0.1, -0.05) is 30.8 Å². The van der Waals surface area contributed by atoms with Crippen LogP contribution in [-0.4, -0.2) is 37.6 Å². The summed E-state index contributed by atoms with van der Waals surface area (Å²) in [5.41, 5.74) is 2.38. The Kier molecular flexibility index (Phi) is 4.84. The van der Waals surface area contributed by atoms with Crippen LogP contribution in [0.15, 0.2) is 47.9 Å². The van der Waals surface area contributed by atoms with Gasteiger partial charge in [0.15, 0.2) is 5.16 Å². The number of benzene rings is 1. The van der Waals surface area contributed by atoms with E-state index < -0.39 is 0 Å². The zero-order chi connectivity index (χ0) is 18.9. The topological polar surface area (TPSA) is 51.8 Å². The van der Waals surface area contributed by atoms with Gasteiger partial charge in [-0.05, 0) is 55.4 Å². The summed E-state index contributed by atoms with van der Waals surface area (Å²) in [5, 5.41) is 14.5. The predicted octanol–water partition coefficient (Wildman–Crippen LogP) is 4.33. The molecule has 0 atom stereocenters. The number of aromatic nitrogens is 5. The second-order valence-electron chi connectivity index (χ2n) is 7.96. The maximum Gasteiger partial charge on any atom is 0.228 e. The van der Waals surface area contributed by atoms with Crippen molar-refractivity contribution in [3.05, 3.63) is 48.3 Å². The quantitative estimate of drug-likeness (QED) is 0.583. The highest BCUT2D eigenvalue weighted by Crippen LogP contribution is 2.42. The van der Waals surface area contributed by atoms with Crippen LogP contribution in [0, 0.1) is 5.92 Å². The standard InChI is InChI=1S/C21H26N6S/c1-16-9-13-25(14-10-16)20-23-24-21(27(20)19-7-8-19)28-15-17-3-5-18(6-4-17)26-12-2-11-22-26/h2-6,11-12,16,19H,7-10,13-15H2,1H3. The van der Waals surface area contributed by atoms with Gasteiger partial charge in [0.25, 0.3) is 0 Å². The lowest BCUT2D eigenvalue weighted by atomic mass is 10.00. The van der Waals surface area contributed by atoms with Crippen LogP contribution >= 0.6 is 11.8 Å². The summed E-state index contributed by atoms with van der Waals surface area (Å²) in [6.07, 6.45) is 8.77. The molecule has 7 heteroatoms.